The number of hydrogen-bond donors (Lipinski definition) is 8. The predicted molar refractivity (Wildman–Crippen MR) is 249 cm³/mol. The number of fused-ring (bicyclic) bond motifs is 3. The summed E-state index contributed by atoms with van der Waals surface area (Å²) >= 11 is 0. The van der Waals surface area contributed by atoms with Crippen molar-refractivity contribution in [1.29, 1.82) is 0 Å². The molecule has 0 unspecified atom stereocenters. The summed E-state index contributed by atoms with van der Waals surface area (Å²) in [5.74, 6) is -0.113. The number of methoxy groups -OCH3 is 1. The Hall–Kier alpha value is -4.62. The molecule has 3 aliphatic carbocycles. The molecule has 3 fully saturated rings. The zero-order valence-electron chi connectivity index (χ0n) is 37.8. The number of benzene rings is 3. The molecule has 0 spiro atoms. The minimum absolute atomic E-state index is 0.0396. The number of H-pyrrole nitrogens is 1. The van der Waals surface area contributed by atoms with Gasteiger partial charge in [-0.15, -0.1) is 0 Å². The summed E-state index contributed by atoms with van der Waals surface area (Å²) in [6.45, 7) is 2.94. The number of aromatic amines is 1. The Morgan fingerprint density at radius 3 is 2.54 bits per heavy atom. The maximum absolute atomic E-state index is 12.2. The van der Waals surface area contributed by atoms with Crippen molar-refractivity contribution in [3.8, 4) is 23.0 Å². The van der Waals surface area contributed by atoms with Crippen LogP contribution in [-0.2, 0) is 28.9 Å². The minimum atomic E-state index is -0.688. The lowest BCUT2D eigenvalue weighted by molar-refractivity contribution is -0.154. The number of rotatable bonds is 15. The number of allylic oxidation sites excluding steroid dienone is 1. The van der Waals surface area contributed by atoms with Crippen LogP contribution in [0, 0.1) is 23.7 Å². The molecule has 9 rings (SSSR count). The zero-order chi connectivity index (χ0) is 45.2. The van der Waals surface area contributed by atoms with Crippen LogP contribution in [0.25, 0.3) is 0 Å². The lowest BCUT2D eigenvalue weighted by Gasteiger charge is -2.49. The van der Waals surface area contributed by atoms with Gasteiger partial charge in [-0.3, -0.25) is 0 Å². The fourth-order valence-corrected chi connectivity index (χ4v) is 12.5. The Balaban J connectivity index is 1.02. The van der Waals surface area contributed by atoms with Crippen LogP contribution in [-0.4, -0.2) is 86.3 Å². The molecule has 348 valence electrons. The number of aromatic nitrogens is 1. The third-order valence-corrected chi connectivity index (χ3v) is 15.8. The molecule has 5 aliphatic rings. The molecule has 11 heteroatoms. The first-order chi connectivity index (χ1) is 31.6. The number of aliphatic hydroxyl groups excluding tert-OH is 3. The number of hydrogen-bond acceptors (Lipinski definition) is 10. The van der Waals surface area contributed by atoms with E-state index in [2.05, 4.69) is 46.7 Å². The van der Waals surface area contributed by atoms with Crippen LogP contribution in [0.5, 0.6) is 23.0 Å². The van der Waals surface area contributed by atoms with E-state index in [1.807, 2.05) is 55.7 Å². The number of phenols is 3. The highest BCUT2D eigenvalue weighted by molar-refractivity contribution is 5.64. The fourth-order valence-electron chi connectivity index (χ4n) is 12.5. The molecule has 0 radical (unpaired) electrons. The van der Waals surface area contributed by atoms with E-state index in [9.17, 15) is 30.6 Å². The van der Waals surface area contributed by atoms with E-state index < -0.39 is 36.4 Å². The Kier molecular flexibility index (Phi) is 14.1. The average molecular weight is 889 g/mol. The maximum atomic E-state index is 12.2. The molecule has 1 aromatic heterocycles. The van der Waals surface area contributed by atoms with Gasteiger partial charge in [-0.1, -0.05) is 60.7 Å². The molecule has 3 aromatic carbocycles. The van der Waals surface area contributed by atoms with Gasteiger partial charge in [0.1, 0.15) is 5.75 Å². The molecule has 4 aromatic rings. The highest BCUT2D eigenvalue weighted by Gasteiger charge is 2.48. The summed E-state index contributed by atoms with van der Waals surface area (Å²) in [5.41, 5.74) is 6.72. The summed E-state index contributed by atoms with van der Waals surface area (Å²) in [6.07, 6.45) is 16.6. The Bertz CT molecular complexity index is 2290. The Labute approximate surface area is 383 Å². The first-order valence-electron chi connectivity index (χ1n) is 24.1. The highest BCUT2D eigenvalue weighted by atomic mass is 16.5. The largest absolute Gasteiger partial charge is 0.508 e. The van der Waals surface area contributed by atoms with Crippen molar-refractivity contribution >= 4 is 0 Å². The minimum Gasteiger partial charge on any atom is -0.508 e. The lowest BCUT2D eigenvalue weighted by Crippen LogP contribution is -2.48. The molecule has 1 saturated heterocycles. The molecule has 11 nitrogen and oxygen atoms in total. The average Bonchev–Trinajstić information content (AvgIpc) is 3.84. The van der Waals surface area contributed by atoms with Crippen LogP contribution in [0.1, 0.15) is 122 Å². The van der Waals surface area contributed by atoms with E-state index >= 15 is 0 Å². The van der Waals surface area contributed by atoms with Crippen molar-refractivity contribution in [1.82, 2.24) is 10.3 Å². The second kappa shape index (κ2) is 20.1. The van der Waals surface area contributed by atoms with Crippen molar-refractivity contribution in [2.45, 2.75) is 132 Å². The van der Waals surface area contributed by atoms with Gasteiger partial charge in [0.25, 0.3) is 0 Å². The van der Waals surface area contributed by atoms with E-state index in [1.165, 1.54) is 18.2 Å². The van der Waals surface area contributed by atoms with E-state index in [0.717, 1.165) is 68.2 Å². The van der Waals surface area contributed by atoms with Crippen LogP contribution in [0.2, 0.25) is 0 Å². The molecule has 0 bridgehead atoms. The smallest absolute Gasteiger partial charge is 0.201 e. The first-order valence-corrected chi connectivity index (χ1v) is 24.1. The van der Waals surface area contributed by atoms with E-state index in [-0.39, 0.29) is 71.3 Å². The standard InChI is InChI=1S/C54H68N2O9/c1-3-64-22-20-37-14-10-36-25-40-35(26-44(36)56-37)12-16-39(45(58)17-9-31-7-5-4-6-8-31)50(40)41-24-33(13-18-46(41)59)34-11-15-38-47(60)28-49(65-48(38)27-34)51-42(23-32-19-21-55-29-32)54(63-2)53(62)52(61)43(51)30-57/h4-8,10,13-14,18-19,21,24-25,29,34-35,37-40,44-45,47-50,55-62H,3,9,11-12,15-17,20,22-23,26-28,30H2,1-2H3/t34-,35-,37-,38+,39-,40+,44+,45-,47+,48+,49+,50+/m1/s1. The highest BCUT2D eigenvalue weighted by Crippen LogP contribution is 2.56. The normalized spacial score (nSPS) is 30.2. The van der Waals surface area contributed by atoms with Gasteiger partial charge < -0.3 is 55.2 Å². The SMILES string of the molecule is CCOCC[C@H]1C=CC2=C[C@H]3[C@H](CC[C@H]([C@H](O)CCc4ccccc4)[C@@H]3c3cc([C@@H]4CC[C@@H]5[C@H](C4)O[C@H](c4c(CO)c(O)c(O)c(OC)c4Cc4cc[nH]c4)C[C@@H]5O)ccc3O)C[C@@H]2N1. The second-order valence-electron chi connectivity index (χ2n) is 19.4. The zero-order valence-corrected chi connectivity index (χ0v) is 37.8. The molecule has 12 atom stereocenters. The van der Waals surface area contributed by atoms with Crippen LogP contribution in [0.3, 0.4) is 0 Å². The molecule has 3 heterocycles. The molecule has 2 saturated carbocycles. The van der Waals surface area contributed by atoms with Crippen molar-refractivity contribution in [3.05, 3.63) is 130 Å². The van der Waals surface area contributed by atoms with E-state index in [4.69, 9.17) is 14.2 Å². The van der Waals surface area contributed by atoms with Crippen molar-refractivity contribution in [2.75, 3.05) is 20.3 Å². The summed E-state index contributed by atoms with van der Waals surface area (Å²) in [5, 5.41) is 72.6. The van der Waals surface area contributed by atoms with Gasteiger partial charge in [0, 0.05) is 67.6 Å². The molecule has 2 aliphatic heterocycles. The molecular formula is C54H68N2O9. The van der Waals surface area contributed by atoms with Gasteiger partial charge in [0.05, 0.1) is 38.1 Å². The van der Waals surface area contributed by atoms with Gasteiger partial charge in [-0.05, 0) is 140 Å². The lowest BCUT2D eigenvalue weighted by atomic mass is 9.58. The van der Waals surface area contributed by atoms with Crippen molar-refractivity contribution in [3.63, 3.8) is 0 Å². The topological polar surface area (TPSA) is 177 Å². The molecule has 8 N–H and O–H groups in total. The number of nitrogens with one attached hydrogen (secondary N) is 2. The van der Waals surface area contributed by atoms with Gasteiger partial charge in [0.2, 0.25) is 5.75 Å². The Morgan fingerprint density at radius 1 is 0.923 bits per heavy atom. The number of aryl methyl sites for hydroxylation is 1. The molecular weight excluding hydrogens is 821 g/mol. The van der Waals surface area contributed by atoms with Gasteiger partial charge in [-0.25, -0.2) is 0 Å². The molecule has 65 heavy (non-hydrogen) atoms. The van der Waals surface area contributed by atoms with Gasteiger partial charge >= 0.3 is 0 Å². The van der Waals surface area contributed by atoms with Gasteiger partial charge in [0.15, 0.2) is 11.5 Å². The van der Waals surface area contributed by atoms with Crippen LogP contribution in [0.4, 0.5) is 0 Å². The quantitative estimate of drug-likeness (QED) is 0.0428. The van der Waals surface area contributed by atoms with Crippen molar-refractivity contribution < 1.29 is 44.8 Å². The molecule has 0 amide bonds. The van der Waals surface area contributed by atoms with E-state index in [1.54, 1.807) is 0 Å². The van der Waals surface area contributed by atoms with Crippen LogP contribution >= 0.6 is 0 Å². The van der Waals surface area contributed by atoms with Crippen LogP contribution < -0.4 is 10.1 Å². The summed E-state index contributed by atoms with van der Waals surface area (Å²) in [6, 6.07) is 18.9. The number of aliphatic hydroxyl groups is 3. The number of ether oxygens (including phenoxy) is 3. The maximum Gasteiger partial charge on any atom is 0.201 e. The fraction of sp³-hybridized carbons (Fsp3) is 0.519. The van der Waals surface area contributed by atoms with Crippen molar-refractivity contribution in [2.24, 2.45) is 23.7 Å². The van der Waals surface area contributed by atoms with Crippen LogP contribution in [0.15, 0.2) is 90.8 Å². The summed E-state index contributed by atoms with van der Waals surface area (Å²) in [4.78, 5) is 3.07. The predicted octanol–water partition coefficient (Wildman–Crippen LogP) is 8.37. The number of phenolic OH excluding ortho intramolecular Hbond substituents is 2. The first kappa shape index (κ1) is 45.5. The second-order valence-corrected chi connectivity index (χ2v) is 19.4. The summed E-state index contributed by atoms with van der Waals surface area (Å²) in [7, 11) is 1.44. The summed E-state index contributed by atoms with van der Waals surface area (Å²) < 4.78 is 18.4. The number of aromatic hydroxyl groups is 3. The third kappa shape index (κ3) is 9.38. The Morgan fingerprint density at radius 2 is 1.77 bits per heavy atom. The van der Waals surface area contributed by atoms with E-state index in [0.29, 0.717) is 42.9 Å². The third-order valence-electron chi connectivity index (χ3n) is 15.8. The van der Waals surface area contributed by atoms with Gasteiger partial charge in [-0.2, -0.15) is 0 Å². The monoisotopic (exact) mass is 888 g/mol.